The lowest BCUT2D eigenvalue weighted by atomic mass is 10.2. The third-order valence-corrected chi connectivity index (χ3v) is 3.48. The Labute approximate surface area is 142 Å². The van der Waals surface area contributed by atoms with Crippen LogP contribution in [0.4, 0.5) is 0 Å². The predicted molar refractivity (Wildman–Crippen MR) is 87.0 cm³/mol. The number of halogens is 2. The molecule has 2 aromatic rings. The van der Waals surface area contributed by atoms with Crippen LogP contribution in [0.3, 0.4) is 0 Å². The van der Waals surface area contributed by atoms with Gasteiger partial charge in [-0.25, -0.2) is 9.59 Å². The van der Waals surface area contributed by atoms with Gasteiger partial charge in [0.25, 0.3) is 0 Å². The van der Waals surface area contributed by atoms with Crippen molar-refractivity contribution in [1.82, 2.24) is 0 Å². The minimum absolute atomic E-state index is 0.104. The van der Waals surface area contributed by atoms with Crippen LogP contribution in [0.5, 0.6) is 5.75 Å². The molecule has 116 valence electrons. The van der Waals surface area contributed by atoms with Gasteiger partial charge in [-0.05, 0) is 42.5 Å². The number of esters is 2. The zero-order valence-electron chi connectivity index (χ0n) is 11.7. The largest absolute Gasteiger partial charge is 0.449 e. The van der Waals surface area contributed by atoms with Crippen molar-refractivity contribution in [2.45, 2.75) is 0 Å². The first-order valence-corrected chi connectivity index (χ1v) is 7.14. The first kappa shape index (κ1) is 16.9. The van der Waals surface area contributed by atoms with Gasteiger partial charge in [0, 0.05) is 0 Å². The lowest BCUT2D eigenvalue weighted by Gasteiger charge is -2.06. The second-order valence-electron chi connectivity index (χ2n) is 4.32. The number of hydrogen-bond acceptors (Lipinski definition) is 4. The fourth-order valence-corrected chi connectivity index (χ4v) is 1.94. The summed E-state index contributed by atoms with van der Waals surface area (Å²) >= 11 is 11.6. The third-order valence-electron chi connectivity index (χ3n) is 2.74. The van der Waals surface area contributed by atoms with Crippen molar-refractivity contribution in [1.29, 1.82) is 0 Å². The number of rotatable bonds is 4. The highest BCUT2D eigenvalue weighted by Gasteiger charge is 2.12. The molecule has 0 aliphatic carbocycles. The Kier molecular flexibility index (Phi) is 5.64. The molecule has 0 fully saturated rings. The lowest BCUT2D eigenvalue weighted by molar-refractivity contribution is 0.0556. The highest BCUT2D eigenvalue weighted by atomic mass is 35.5. The van der Waals surface area contributed by atoms with Gasteiger partial charge in [0.15, 0.2) is 6.61 Å². The quantitative estimate of drug-likeness (QED) is 0.476. The second kappa shape index (κ2) is 7.68. The summed E-state index contributed by atoms with van der Waals surface area (Å²) in [5, 5.41) is 0.603. The highest BCUT2D eigenvalue weighted by Crippen LogP contribution is 2.23. The molecular weight excluding hydrogens is 339 g/mol. The van der Waals surface area contributed by atoms with Crippen LogP contribution in [0.15, 0.2) is 42.5 Å². The monoisotopic (exact) mass is 348 g/mol. The van der Waals surface area contributed by atoms with Crippen molar-refractivity contribution in [3.8, 4) is 18.1 Å². The summed E-state index contributed by atoms with van der Waals surface area (Å²) in [5.41, 5.74) is 0.562. The summed E-state index contributed by atoms with van der Waals surface area (Å²) < 4.78 is 9.97. The van der Waals surface area contributed by atoms with E-state index in [0.717, 1.165) is 0 Å². The van der Waals surface area contributed by atoms with Gasteiger partial charge < -0.3 is 9.47 Å². The van der Waals surface area contributed by atoms with Crippen LogP contribution in [-0.4, -0.2) is 18.5 Å². The number of benzene rings is 2. The molecule has 0 aliphatic heterocycles. The van der Waals surface area contributed by atoms with E-state index in [2.05, 4.69) is 5.92 Å². The Morgan fingerprint density at radius 3 is 2.22 bits per heavy atom. The zero-order valence-corrected chi connectivity index (χ0v) is 13.2. The number of ether oxygens (including phenoxy) is 2. The number of terminal acetylenes is 1. The molecule has 0 amide bonds. The maximum absolute atomic E-state index is 12.0. The van der Waals surface area contributed by atoms with Crippen molar-refractivity contribution in [2.24, 2.45) is 0 Å². The SMILES string of the molecule is C#CCOC(=O)c1ccc(OC(=O)c2ccc(Cl)c(Cl)c2)cc1. The fourth-order valence-electron chi connectivity index (χ4n) is 1.64. The summed E-state index contributed by atoms with van der Waals surface area (Å²) in [6.07, 6.45) is 5.01. The maximum Gasteiger partial charge on any atom is 0.343 e. The van der Waals surface area contributed by atoms with Gasteiger partial charge in [-0.15, -0.1) is 6.42 Å². The summed E-state index contributed by atoms with van der Waals surface area (Å²) in [4.78, 5) is 23.6. The maximum atomic E-state index is 12.0. The van der Waals surface area contributed by atoms with E-state index in [-0.39, 0.29) is 22.9 Å². The van der Waals surface area contributed by atoms with Gasteiger partial charge in [0.1, 0.15) is 5.75 Å². The van der Waals surface area contributed by atoms with Crippen LogP contribution in [0.2, 0.25) is 10.0 Å². The molecule has 0 spiro atoms. The van der Waals surface area contributed by atoms with Crippen LogP contribution in [-0.2, 0) is 4.74 Å². The molecule has 4 nitrogen and oxygen atoms in total. The van der Waals surface area contributed by atoms with Crippen molar-refractivity contribution in [3.63, 3.8) is 0 Å². The molecule has 0 N–H and O–H groups in total. The first-order valence-electron chi connectivity index (χ1n) is 6.39. The smallest absolute Gasteiger partial charge is 0.343 e. The van der Waals surface area contributed by atoms with Gasteiger partial charge in [0.05, 0.1) is 21.2 Å². The third kappa shape index (κ3) is 4.49. The molecule has 23 heavy (non-hydrogen) atoms. The van der Waals surface area contributed by atoms with E-state index in [9.17, 15) is 9.59 Å². The van der Waals surface area contributed by atoms with E-state index < -0.39 is 11.9 Å². The topological polar surface area (TPSA) is 52.6 Å². The number of carbonyl (C=O) groups is 2. The van der Waals surface area contributed by atoms with Crippen LogP contribution in [0.25, 0.3) is 0 Å². The fraction of sp³-hybridized carbons (Fsp3) is 0.0588. The average molecular weight is 349 g/mol. The molecule has 2 rings (SSSR count). The van der Waals surface area contributed by atoms with Gasteiger partial charge in [-0.2, -0.15) is 0 Å². The number of carbonyl (C=O) groups excluding carboxylic acids is 2. The van der Waals surface area contributed by atoms with E-state index in [1.807, 2.05) is 0 Å². The standard InChI is InChI=1S/C17H10Cl2O4/c1-2-9-22-16(20)11-3-6-13(7-4-11)23-17(21)12-5-8-14(18)15(19)10-12/h1,3-8,10H,9H2. The minimum atomic E-state index is -0.591. The molecular formula is C17H10Cl2O4. The molecule has 0 heterocycles. The minimum Gasteiger partial charge on any atom is -0.449 e. The first-order chi connectivity index (χ1) is 11.0. The van der Waals surface area contributed by atoms with Crippen LogP contribution >= 0.6 is 23.2 Å². The second-order valence-corrected chi connectivity index (χ2v) is 5.14. The molecule has 6 heteroatoms. The highest BCUT2D eigenvalue weighted by molar-refractivity contribution is 6.42. The Morgan fingerprint density at radius 2 is 1.61 bits per heavy atom. The summed E-state index contributed by atoms with van der Waals surface area (Å²) in [7, 11) is 0. The number of hydrogen-bond donors (Lipinski definition) is 0. The average Bonchev–Trinajstić information content (AvgIpc) is 2.55. The molecule has 0 atom stereocenters. The molecule has 0 aliphatic rings. The van der Waals surface area contributed by atoms with Gasteiger partial charge >= 0.3 is 11.9 Å². The van der Waals surface area contributed by atoms with E-state index in [4.69, 9.17) is 39.1 Å². The molecule has 2 aromatic carbocycles. The molecule has 0 saturated heterocycles. The Balaban J connectivity index is 2.05. The van der Waals surface area contributed by atoms with Gasteiger partial charge in [-0.1, -0.05) is 29.1 Å². The van der Waals surface area contributed by atoms with Crippen LogP contribution in [0.1, 0.15) is 20.7 Å². The van der Waals surface area contributed by atoms with Crippen molar-refractivity contribution >= 4 is 35.1 Å². The van der Waals surface area contributed by atoms with E-state index in [1.165, 1.54) is 42.5 Å². The Morgan fingerprint density at radius 1 is 0.957 bits per heavy atom. The Bertz CT molecular complexity index is 776. The van der Waals surface area contributed by atoms with E-state index in [0.29, 0.717) is 10.6 Å². The van der Waals surface area contributed by atoms with E-state index >= 15 is 0 Å². The normalized spacial score (nSPS) is 9.78. The molecule has 0 bridgehead atoms. The van der Waals surface area contributed by atoms with Crippen LogP contribution < -0.4 is 4.74 Å². The predicted octanol–water partition coefficient (Wildman–Crippen LogP) is 4.00. The molecule has 0 radical (unpaired) electrons. The summed E-state index contributed by atoms with van der Waals surface area (Å²) in [6.45, 7) is -0.104. The van der Waals surface area contributed by atoms with Gasteiger partial charge in [-0.3, -0.25) is 0 Å². The molecule has 0 unspecified atom stereocenters. The Hall–Kier alpha value is -2.48. The lowest BCUT2D eigenvalue weighted by Crippen LogP contribution is -2.09. The van der Waals surface area contributed by atoms with Crippen LogP contribution in [0, 0.1) is 12.3 Å². The summed E-state index contributed by atoms with van der Waals surface area (Å²) in [5.74, 6) is 1.33. The zero-order chi connectivity index (χ0) is 16.8. The molecule has 0 saturated carbocycles. The van der Waals surface area contributed by atoms with Crippen molar-refractivity contribution < 1.29 is 19.1 Å². The molecule has 0 aromatic heterocycles. The van der Waals surface area contributed by atoms with Gasteiger partial charge in [0.2, 0.25) is 0 Å². The van der Waals surface area contributed by atoms with Crippen molar-refractivity contribution in [3.05, 3.63) is 63.6 Å². The van der Waals surface area contributed by atoms with E-state index in [1.54, 1.807) is 0 Å². The summed E-state index contributed by atoms with van der Waals surface area (Å²) in [6, 6.07) is 10.3. The van der Waals surface area contributed by atoms with Crippen molar-refractivity contribution in [2.75, 3.05) is 6.61 Å².